The van der Waals surface area contributed by atoms with E-state index >= 15 is 0 Å². The summed E-state index contributed by atoms with van der Waals surface area (Å²) in [4.78, 5) is 0. The van der Waals surface area contributed by atoms with Crippen LogP contribution in [0.3, 0.4) is 0 Å². The number of nitrogens with zero attached hydrogens (tertiary/aromatic N) is 2. The van der Waals surface area contributed by atoms with Gasteiger partial charge in [-0.25, -0.2) is 0 Å². The topological polar surface area (TPSA) is 42.8 Å². The van der Waals surface area contributed by atoms with Gasteiger partial charge in [0.2, 0.25) is 0 Å². The van der Waals surface area contributed by atoms with Crippen LogP contribution >= 0.6 is 12.2 Å². The van der Waals surface area contributed by atoms with E-state index in [9.17, 15) is 0 Å². The molecular formula is C13H15N3OS. The van der Waals surface area contributed by atoms with Crippen molar-refractivity contribution in [1.29, 1.82) is 0 Å². The lowest BCUT2D eigenvalue weighted by Gasteiger charge is -2.06. The molecule has 4 nitrogen and oxygen atoms in total. The Morgan fingerprint density at radius 1 is 1.50 bits per heavy atom. The Balaban J connectivity index is 2.07. The molecule has 0 unspecified atom stereocenters. The normalized spacial score (nSPS) is 13.4. The molecule has 1 aromatic heterocycles. The van der Waals surface area contributed by atoms with E-state index in [0.717, 1.165) is 43.1 Å². The van der Waals surface area contributed by atoms with Gasteiger partial charge in [-0.3, -0.25) is 5.10 Å². The van der Waals surface area contributed by atoms with E-state index in [-0.39, 0.29) is 0 Å². The third-order valence-corrected chi connectivity index (χ3v) is 3.46. The van der Waals surface area contributed by atoms with Crippen LogP contribution in [-0.4, -0.2) is 21.4 Å². The summed E-state index contributed by atoms with van der Waals surface area (Å²) >= 11 is 5.26. The Morgan fingerprint density at radius 2 is 2.39 bits per heavy atom. The molecule has 3 rings (SSSR count). The van der Waals surface area contributed by atoms with Crippen LogP contribution in [0, 0.1) is 4.77 Å². The summed E-state index contributed by atoms with van der Waals surface area (Å²) in [7, 11) is 0. The Labute approximate surface area is 111 Å². The Bertz CT molecular complexity index is 629. The largest absolute Gasteiger partial charge is 0.493 e. The molecule has 0 radical (unpaired) electrons. The van der Waals surface area contributed by atoms with Gasteiger partial charge in [-0.2, -0.15) is 5.10 Å². The summed E-state index contributed by atoms with van der Waals surface area (Å²) in [5, 5.41) is 7.21. The molecule has 1 aromatic carbocycles. The molecular weight excluding hydrogens is 246 g/mol. The van der Waals surface area contributed by atoms with Crippen LogP contribution in [-0.2, 0) is 13.0 Å². The van der Waals surface area contributed by atoms with Crippen LogP contribution in [0.15, 0.2) is 18.2 Å². The molecule has 0 atom stereocenters. The Morgan fingerprint density at radius 3 is 3.22 bits per heavy atom. The van der Waals surface area contributed by atoms with E-state index in [1.54, 1.807) is 0 Å². The van der Waals surface area contributed by atoms with E-state index < -0.39 is 0 Å². The standard InChI is InChI=1S/C13H15N3OS/c1-2-6-16-12(14-15-13(16)18)10-3-4-11-9(8-10)5-7-17-11/h3-4,8H,2,5-7H2,1H3,(H,15,18). The van der Waals surface area contributed by atoms with Gasteiger partial charge in [0.25, 0.3) is 0 Å². The molecule has 1 aliphatic heterocycles. The maximum absolute atomic E-state index is 5.52. The fraction of sp³-hybridized carbons (Fsp3) is 0.385. The predicted octanol–water partition coefficient (Wildman–Crippen LogP) is 2.95. The minimum absolute atomic E-state index is 0.684. The van der Waals surface area contributed by atoms with Crippen LogP contribution < -0.4 is 4.74 Å². The summed E-state index contributed by atoms with van der Waals surface area (Å²) in [5.74, 6) is 1.91. The van der Waals surface area contributed by atoms with Gasteiger partial charge in [0.15, 0.2) is 10.6 Å². The zero-order valence-corrected chi connectivity index (χ0v) is 11.1. The molecule has 1 N–H and O–H groups in total. The fourth-order valence-corrected chi connectivity index (χ4v) is 2.52. The highest BCUT2D eigenvalue weighted by Gasteiger charge is 2.15. The third kappa shape index (κ3) is 1.84. The van der Waals surface area contributed by atoms with Gasteiger partial charge >= 0.3 is 0 Å². The number of ether oxygens (including phenoxy) is 1. The SMILES string of the molecule is CCCn1c(-c2ccc3c(c2)CCO3)n[nH]c1=S. The van der Waals surface area contributed by atoms with E-state index in [1.165, 1.54) is 5.56 Å². The zero-order chi connectivity index (χ0) is 12.5. The van der Waals surface area contributed by atoms with Crippen LogP contribution in [0.2, 0.25) is 0 Å². The van der Waals surface area contributed by atoms with Gasteiger partial charge in [-0.05, 0) is 42.4 Å². The lowest BCUT2D eigenvalue weighted by atomic mass is 10.1. The lowest BCUT2D eigenvalue weighted by molar-refractivity contribution is 0.357. The van der Waals surface area contributed by atoms with Gasteiger partial charge < -0.3 is 9.30 Å². The lowest BCUT2D eigenvalue weighted by Crippen LogP contribution is -2.00. The summed E-state index contributed by atoms with van der Waals surface area (Å²) in [5.41, 5.74) is 2.35. The average Bonchev–Trinajstić information content (AvgIpc) is 2.97. The minimum Gasteiger partial charge on any atom is -0.493 e. The van der Waals surface area contributed by atoms with Crippen molar-refractivity contribution >= 4 is 12.2 Å². The third-order valence-electron chi connectivity index (χ3n) is 3.15. The number of aromatic nitrogens is 3. The second-order valence-electron chi connectivity index (χ2n) is 4.42. The zero-order valence-electron chi connectivity index (χ0n) is 10.3. The van der Waals surface area contributed by atoms with Crippen molar-refractivity contribution < 1.29 is 4.74 Å². The molecule has 18 heavy (non-hydrogen) atoms. The number of fused-ring (bicyclic) bond motifs is 1. The van der Waals surface area contributed by atoms with E-state index in [0.29, 0.717) is 4.77 Å². The maximum Gasteiger partial charge on any atom is 0.195 e. The monoisotopic (exact) mass is 261 g/mol. The molecule has 1 aliphatic rings. The molecule has 0 saturated heterocycles. The van der Waals surface area contributed by atoms with Crippen molar-refractivity contribution in [3.8, 4) is 17.1 Å². The van der Waals surface area contributed by atoms with E-state index in [4.69, 9.17) is 17.0 Å². The molecule has 0 bridgehead atoms. The first-order valence-corrected chi connectivity index (χ1v) is 6.61. The van der Waals surface area contributed by atoms with Gasteiger partial charge in [0.05, 0.1) is 6.61 Å². The Kier molecular flexibility index (Phi) is 2.91. The molecule has 0 fully saturated rings. The first kappa shape index (κ1) is 11.5. The molecule has 5 heteroatoms. The summed E-state index contributed by atoms with van der Waals surface area (Å²) in [6, 6.07) is 6.21. The van der Waals surface area contributed by atoms with E-state index in [2.05, 4.69) is 23.2 Å². The second kappa shape index (κ2) is 4.57. The number of hydrogen-bond acceptors (Lipinski definition) is 3. The number of hydrogen-bond donors (Lipinski definition) is 1. The first-order valence-electron chi connectivity index (χ1n) is 6.21. The average molecular weight is 261 g/mol. The quantitative estimate of drug-likeness (QED) is 0.864. The van der Waals surface area contributed by atoms with Crippen molar-refractivity contribution in [3.63, 3.8) is 0 Å². The Hall–Kier alpha value is -1.62. The molecule has 0 aliphatic carbocycles. The van der Waals surface area contributed by atoms with Gasteiger partial charge in [0, 0.05) is 18.5 Å². The van der Waals surface area contributed by atoms with Crippen molar-refractivity contribution in [3.05, 3.63) is 28.5 Å². The van der Waals surface area contributed by atoms with Crippen LogP contribution in [0.1, 0.15) is 18.9 Å². The molecule has 94 valence electrons. The first-order chi connectivity index (χ1) is 8.79. The second-order valence-corrected chi connectivity index (χ2v) is 4.81. The fourth-order valence-electron chi connectivity index (χ4n) is 2.29. The molecule has 2 aromatic rings. The number of H-pyrrole nitrogens is 1. The van der Waals surface area contributed by atoms with Gasteiger partial charge in [-0.1, -0.05) is 6.92 Å². The molecule has 0 saturated carbocycles. The predicted molar refractivity (Wildman–Crippen MR) is 72.3 cm³/mol. The minimum atomic E-state index is 0.684. The highest BCUT2D eigenvalue weighted by molar-refractivity contribution is 7.71. The van der Waals surface area contributed by atoms with E-state index in [1.807, 2.05) is 16.7 Å². The number of aromatic amines is 1. The van der Waals surface area contributed by atoms with Crippen LogP contribution in [0.5, 0.6) is 5.75 Å². The molecule has 0 spiro atoms. The van der Waals surface area contributed by atoms with Gasteiger partial charge in [0.1, 0.15) is 5.75 Å². The summed E-state index contributed by atoms with van der Waals surface area (Å²) in [6.45, 7) is 3.80. The van der Waals surface area contributed by atoms with Crippen LogP contribution in [0.4, 0.5) is 0 Å². The van der Waals surface area contributed by atoms with Gasteiger partial charge in [-0.15, -0.1) is 0 Å². The van der Waals surface area contributed by atoms with Crippen molar-refractivity contribution in [1.82, 2.24) is 14.8 Å². The van der Waals surface area contributed by atoms with Crippen molar-refractivity contribution in [2.24, 2.45) is 0 Å². The number of benzene rings is 1. The smallest absolute Gasteiger partial charge is 0.195 e. The number of rotatable bonds is 3. The number of nitrogens with one attached hydrogen (secondary N) is 1. The van der Waals surface area contributed by atoms with Crippen LogP contribution in [0.25, 0.3) is 11.4 Å². The maximum atomic E-state index is 5.52. The summed E-state index contributed by atoms with van der Waals surface area (Å²) in [6.07, 6.45) is 2.01. The van der Waals surface area contributed by atoms with Crippen molar-refractivity contribution in [2.75, 3.05) is 6.61 Å². The molecule has 0 amide bonds. The summed E-state index contributed by atoms with van der Waals surface area (Å²) < 4.78 is 8.25. The highest BCUT2D eigenvalue weighted by atomic mass is 32.1. The highest BCUT2D eigenvalue weighted by Crippen LogP contribution is 2.29. The molecule has 2 heterocycles. The van der Waals surface area contributed by atoms with Crippen molar-refractivity contribution in [2.45, 2.75) is 26.3 Å².